The van der Waals surface area contributed by atoms with Crippen molar-refractivity contribution >= 4 is 32.0 Å². The van der Waals surface area contributed by atoms with Gasteiger partial charge in [-0.3, -0.25) is 10.1 Å². The number of thiophene rings is 1. The van der Waals surface area contributed by atoms with E-state index in [0.29, 0.717) is 17.5 Å². The summed E-state index contributed by atoms with van der Waals surface area (Å²) < 4.78 is 26.8. The van der Waals surface area contributed by atoms with Gasteiger partial charge in [-0.25, -0.2) is 13.1 Å². The van der Waals surface area contributed by atoms with Gasteiger partial charge in [0.1, 0.15) is 4.21 Å². The molecule has 1 saturated carbocycles. The van der Waals surface area contributed by atoms with Gasteiger partial charge in [0.25, 0.3) is 10.0 Å². The van der Waals surface area contributed by atoms with E-state index in [-0.39, 0.29) is 15.9 Å². The Morgan fingerprint density at radius 2 is 2.20 bits per heavy atom. The first-order valence-electron chi connectivity index (χ1n) is 6.39. The van der Waals surface area contributed by atoms with Crippen LogP contribution in [0, 0.1) is 16.0 Å². The average Bonchev–Trinajstić information content (AvgIpc) is 2.90. The molecule has 7 nitrogen and oxygen atoms in total. The normalized spacial score (nSPS) is 21.7. The quantitative estimate of drug-likeness (QED) is 0.592. The first-order valence-corrected chi connectivity index (χ1v) is 8.69. The number of nitro groups is 1. The highest BCUT2D eigenvalue weighted by Crippen LogP contribution is 2.38. The Morgan fingerprint density at radius 1 is 1.55 bits per heavy atom. The highest BCUT2D eigenvalue weighted by atomic mass is 32.2. The van der Waals surface area contributed by atoms with E-state index in [4.69, 9.17) is 0 Å². The van der Waals surface area contributed by atoms with Crippen LogP contribution in [0.4, 0.5) is 10.7 Å². The molecule has 1 heterocycles. The summed E-state index contributed by atoms with van der Waals surface area (Å²) in [6.07, 6.45) is 1.61. The van der Waals surface area contributed by atoms with Crippen LogP contribution in [0.3, 0.4) is 0 Å². The van der Waals surface area contributed by atoms with E-state index in [2.05, 4.69) is 10.0 Å². The number of nitrogens with zero attached hydrogens (tertiary/aromatic N) is 1. The van der Waals surface area contributed by atoms with Gasteiger partial charge in [0.15, 0.2) is 5.00 Å². The molecule has 2 N–H and O–H groups in total. The summed E-state index contributed by atoms with van der Waals surface area (Å²) in [6.45, 7) is 4.45. The zero-order valence-electron chi connectivity index (χ0n) is 11.3. The summed E-state index contributed by atoms with van der Waals surface area (Å²) in [4.78, 5) is 10.4. The number of hydrogen-bond donors (Lipinski definition) is 2. The molecule has 1 aromatic rings. The SMILES string of the molecule is CCCNc1sc(S(=O)(=O)NC2CC2C)cc1[N+](=O)[O-]. The highest BCUT2D eigenvalue weighted by Gasteiger charge is 2.37. The largest absolute Gasteiger partial charge is 0.371 e. The predicted octanol–water partition coefficient (Wildman–Crippen LogP) is 2.16. The Kier molecular flexibility index (Phi) is 4.31. The summed E-state index contributed by atoms with van der Waals surface area (Å²) >= 11 is 0.902. The third-order valence-electron chi connectivity index (χ3n) is 3.10. The van der Waals surface area contributed by atoms with Crippen molar-refractivity contribution in [2.45, 2.75) is 36.9 Å². The van der Waals surface area contributed by atoms with Crippen molar-refractivity contribution in [3.05, 3.63) is 16.2 Å². The Morgan fingerprint density at radius 3 is 2.70 bits per heavy atom. The lowest BCUT2D eigenvalue weighted by atomic mass is 10.4. The molecular weight excluding hydrogens is 302 g/mol. The molecule has 0 bridgehead atoms. The summed E-state index contributed by atoms with van der Waals surface area (Å²) in [7, 11) is -3.67. The van der Waals surface area contributed by atoms with Crippen molar-refractivity contribution in [2.75, 3.05) is 11.9 Å². The van der Waals surface area contributed by atoms with Crippen LogP contribution in [0.25, 0.3) is 0 Å². The molecule has 1 aliphatic carbocycles. The zero-order chi connectivity index (χ0) is 14.9. The van der Waals surface area contributed by atoms with E-state index >= 15 is 0 Å². The number of nitrogens with one attached hydrogen (secondary N) is 2. The zero-order valence-corrected chi connectivity index (χ0v) is 12.9. The molecule has 2 unspecified atom stereocenters. The Hall–Kier alpha value is -1.19. The topological polar surface area (TPSA) is 101 Å². The predicted molar refractivity (Wildman–Crippen MR) is 77.6 cm³/mol. The van der Waals surface area contributed by atoms with Crippen LogP contribution in [-0.2, 0) is 10.0 Å². The summed E-state index contributed by atoms with van der Waals surface area (Å²) in [6, 6.07) is 1.08. The van der Waals surface area contributed by atoms with Gasteiger partial charge < -0.3 is 5.32 Å². The lowest BCUT2D eigenvalue weighted by molar-refractivity contribution is -0.383. The van der Waals surface area contributed by atoms with Gasteiger partial charge in [-0.05, 0) is 18.8 Å². The monoisotopic (exact) mass is 319 g/mol. The van der Waals surface area contributed by atoms with Gasteiger partial charge in [-0.1, -0.05) is 25.2 Å². The minimum absolute atomic E-state index is 0.0121. The van der Waals surface area contributed by atoms with Crippen LogP contribution in [0.5, 0.6) is 0 Å². The van der Waals surface area contributed by atoms with E-state index in [9.17, 15) is 18.5 Å². The molecule has 0 saturated heterocycles. The van der Waals surface area contributed by atoms with Crippen molar-refractivity contribution in [3.63, 3.8) is 0 Å². The number of rotatable bonds is 7. The first kappa shape index (κ1) is 15.2. The minimum atomic E-state index is -3.67. The molecule has 0 radical (unpaired) electrons. The van der Waals surface area contributed by atoms with E-state index in [1.807, 2.05) is 13.8 Å². The number of sulfonamides is 1. The van der Waals surface area contributed by atoms with Crippen LogP contribution in [-0.4, -0.2) is 25.9 Å². The number of hydrogen-bond acceptors (Lipinski definition) is 6. The van der Waals surface area contributed by atoms with Crippen molar-refractivity contribution in [3.8, 4) is 0 Å². The Balaban J connectivity index is 2.25. The maximum absolute atomic E-state index is 12.1. The molecule has 112 valence electrons. The van der Waals surface area contributed by atoms with Gasteiger partial charge in [0.2, 0.25) is 0 Å². The van der Waals surface area contributed by atoms with Crippen molar-refractivity contribution in [2.24, 2.45) is 5.92 Å². The molecule has 2 atom stereocenters. The number of anilines is 1. The maximum atomic E-state index is 12.1. The van der Waals surface area contributed by atoms with Gasteiger partial charge in [0, 0.05) is 18.7 Å². The Labute approximate surface area is 121 Å². The third-order valence-corrected chi connectivity index (χ3v) is 6.15. The molecule has 1 aromatic heterocycles. The smallest absolute Gasteiger partial charge is 0.304 e. The van der Waals surface area contributed by atoms with E-state index in [0.717, 1.165) is 30.2 Å². The van der Waals surface area contributed by atoms with Gasteiger partial charge in [-0.2, -0.15) is 0 Å². The maximum Gasteiger partial charge on any atom is 0.304 e. The van der Waals surface area contributed by atoms with Crippen LogP contribution in [0.15, 0.2) is 10.3 Å². The standard InChI is InChI=1S/C11H17N3O4S2/c1-3-4-12-11-9(14(15)16)6-10(19-11)20(17,18)13-8-5-7(8)2/h6-8,12-13H,3-5H2,1-2H3. The van der Waals surface area contributed by atoms with Crippen molar-refractivity contribution < 1.29 is 13.3 Å². The second-order valence-corrected chi connectivity index (χ2v) is 7.90. The minimum Gasteiger partial charge on any atom is -0.371 e. The summed E-state index contributed by atoms with van der Waals surface area (Å²) in [5.41, 5.74) is -0.187. The molecular formula is C11H17N3O4S2. The molecule has 0 aliphatic heterocycles. The second kappa shape index (κ2) is 5.66. The third kappa shape index (κ3) is 3.28. The fourth-order valence-electron chi connectivity index (χ4n) is 1.74. The molecule has 1 aliphatic rings. The van der Waals surface area contributed by atoms with Gasteiger partial charge >= 0.3 is 5.69 Å². The van der Waals surface area contributed by atoms with E-state index in [1.165, 1.54) is 0 Å². The molecule has 1 fully saturated rings. The average molecular weight is 319 g/mol. The fourth-order valence-corrected chi connectivity index (χ4v) is 4.46. The molecule has 2 rings (SSSR count). The molecule has 0 aromatic carbocycles. The van der Waals surface area contributed by atoms with Crippen molar-refractivity contribution in [1.29, 1.82) is 0 Å². The highest BCUT2D eigenvalue weighted by molar-refractivity contribution is 7.91. The van der Waals surface area contributed by atoms with Crippen LogP contribution in [0.2, 0.25) is 0 Å². The molecule has 0 amide bonds. The van der Waals surface area contributed by atoms with Gasteiger partial charge in [0.05, 0.1) is 4.92 Å². The van der Waals surface area contributed by atoms with E-state index < -0.39 is 14.9 Å². The molecule has 0 spiro atoms. The molecule has 9 heteroatoms. The first-order chi connectivity index (χ1) is 9.35. The summed E-state index contributed by atoms with van der Waals surface area (Å²) in [5, 5.41) is 14.2. The van der Waals surface area contributed by atoms with E-state index in [1.54, 1.807) is 0 Å². The lowest BCUT2D eigenvalue weighted by Crippen LogP contribution is -2.26. The van der Waals surface area contributed by atoms with Crippen LogP contribution in [0.1, 0.15) is 26.7 Å². The second-order valence-electron chi connectivity index (χ2n) is 4.90. The van der Waals surface area contributed by atoms with Gasteiger partial charge in [-0.15, -0.1) is 0 Å². The lowest BCUT2D eigenvalue weighted by Gasteiger charge is -2.02. The van der Waals surface area contributed by atoms with Crippen LogP contribution >= 0.6 is 11.3 Å². The fraction of sp³-hybridized carbons (Fsp3) is 0.636. The molecule has 20 heavy (non-hydrogen) atoms. The summed E-state index contributed by atoms with van der Waals surface area (Å²) in [5.74, 6) is 0.331. The Bertz CT molecular complexity index is 611. The van der Waals surface area contributed by atoms with Crippen molar-refractivity contribution in [1.82, 2.24) is 4.72 Å². The van der Waals surface area contributed by atoms with Crippen LogP contribution < -0.4 is 10.0 Å².